The van der Waals surface area contributed by atoms with Crippen molar-refractivity contribution in [3.8, 4) is 0 Å². The molecule has 0 aromatic carbocycles. The third-order valence-electron chi connectivity index (χ3n) is 3.40. The lowest BCUT2D eigenvalue weighted by Gasteiger charge is -2.22. The number of ether oxygens (including phenoxy) is 1. The van der Waals surface area contributed by atoms with Gasteiger partial charge in [0.2, 0.25) is 0 Å². The minimum atomic E-state index is -0.0959. The second-order valence-corrected chi connectivity index (χ2v) is 4.74. The maximum atomic E-state index is 11.8. The number of nitrogens with zero attached hydrogens (tertiary/aromatic N) is 1. The number of piperidine rings is 1. The normalized spacial score (nSPS) is 16.3. The van der Waals surface area contributed by atoms with Crippen molar-refractivity contribution in [3.05, 3.63) is 29.6 Å². The Kier molecular flexibility index (Phi) is 5.30. The first-order valence-corrected chi connectivity index (χ1v) is 6.75. The Morgan fingerprint density at radius 2 is 2.26 bits per heavy atom. The van der Waals surface area contributed by atoms with Crippen LogP contribution in [0.4, 0.5) is 0 Å². The average molecular weight is 263 g/mol. The highest BCUT2D eigenvalue weighted by Gasteiger charge is 2.16. The van der Waals surface area contributed by atoms with Gasteiger partial charge in [-0.1, -0.05) is 0 Å². The van der Waals surface area contributed by atoms with Gasteiger partial charge in [-0.3, -0.25) is 9.78 Å². The van der Waals surface area contributed by atoms with Crippen LogP contribution < -0.4 is 10.6 Å². The molecular formula is C14H21N3O2. The second kappa shape index (κ2) is 7.21. The zero-order valence-corrected chi connectivity index (χ0v) is 11.3. The van der Waals surface area contributed by atoms with Gasteiger partial charge in [0, 0.05) is 31.5 Å². The van der Waals surface area contributed by atoms with E-state index in [-0.39, 0.29) is 5.91 Å². The standard InChI is InChI=1S/C14H21N3O2/c1-19-9-8-16-14(18)12-2-3-13(17-10-12)11-4-6-15-7-5-11/h2-3,10-11,15H,4-9H2,1H3,(H,16,18). The molecule has 5 nitrogen and oxygen atoms in total. The van der Waals surface area contributed by atoms with Crippen LogP contribution in [0.25, 0.3) is 0 Å². The van der Waals surface area contributed by atoms with E-state index in [1.807, 2.05) is 12.1 Å². The summed E-state index contributed by atoms with van der Waals surface area (Å²) in [7, 11) is 1.61. The van der Waals surface area contributed by atoms with E-state index in [1.165, 1.54) is 0 Å². The van der Waals surface area contributed by atoms with Gasteiger partial charge in [0.25, 0.3) is 5.91 Å². The number of carbonyl (C=O) groups is 1. The maximum absolute atomic E-state index is 11.8. The molecule has 0 atom stereocenters. The molecule has 2 heterocycles. The largest absolute Gasteiger partial charge is 0.383 e. The van der Waals surface area contributed by atoms with Gasteiger partial charge in [-0.25, -0.2) is 0 Å². The number of hydrogen-bond acceptors (Lipinski definition) is 4. The Bertz CT molecular complexity index is 400. The van der Waals surface area contributed by atoms with Crippen LogP contribution in [0.1, 0.15) is 34.8 Å². The molecule has 5 heteroatoms. The predicted octanol–water partition coefficient (Wildman–Crippen LogP) is 0.925. The lowest BCUT2D eigenvalue weighted by atomic mass is 9.94. The van der Waals surface area contributed by atoms with Gasteiger partial charge < -0.3 is 15.4 Å². The SMILES string of the molecule is COCCNC(=O)c1ccc(C2CCNCC2)nc1. The molecule has 0 radical (unpaired) electrons. The lowest BCUT2D eigenvalue weighted by Crippen LogP contribution is -2.28. The highest BCUT2D eigenvalue weighted by Crippen LogP contribution is 2.23. The smallest absolute Gasteiger partial charge is 0.252 e. The molecule has 1 aromatic heterocycles. The fourth-order valence-electron chi connectivity index (χ4n) is 2.27. The number of aromatic nitrogens is 1. The van der Waals surface area contributed by atoms with Crippen LogP contribution in [0.5, 0.6) is 0 Å². The highest BCUT2D eigenvalue weighted by atomic mass is 16.5. The molecule has 0 saturated carbocycles. The summed E-state index contributed by atoms with van der Waals surface area (Å²) in [5.74, 6) is 0.424. The molecule has 1 aliphatic heterocycles. The van der Waals surface area contributed by atoms with Crippen molar-refractivity contribution in [2.24, 2.45) is 0 Å². The van der Waals surface area contributed by atoms with Crippen molar-refractivity contribution >= 4 is 5.91 Å². The van der Waals surface area contributed by atoms with Gasteiger partial charge in [0.15, 0.2) is 0 Å². The van der Waals surface area contributed by atoms with E-state index in [1.54, 1.807) is 13.3 Å². The van der Waals surface area contributed by atoms with Crippen LogP contribution >= 0.6 is 0 Å². The molecule has 2 rings (SSSR count). The van der Waals surface area contributed by atoms with Crippen molar-refractivity contribution in [1.29, 1.82) is 0 Å². The first-order chi connectivity index (χ1) is 9.31. The Balaban J connectivity index is 1.91. The maximum Gasteiger partial charge on any atom is 0.252 e. The second-order valence-electron chi connectivity index (χ2n) is 4.74. The van der Waals surface area contributed by atoms with E-state index in [4.69, 9.17) is 4.74 Å². The molecule has 1 aliphatic rings. The summed E-state index contributed by atoms with van der Waals surface area (Å²) in [4.78, 5) is 16.2. The average Bonchev–Trinajstić information content (AvgIpc) is 2.48. The number of pyridine rings is 1. The lowest BCUT2D eigenvalue weighted by molar-refractivity contribution is 0.0936. The zero-order chi connectivity index (χ0) is 13.5. The van der Waals surface area contributed by atoms with Crippen molar-refractivity contribution < 1.29 is 9.53 Å². The van der Waals surface area contributed by atoms with Crippen LogP contribution in [-0.4, -0.2) is 44.2 Å². The van der Waals surface area contributed by atoms with Gasteiger partial charge in [-0.15, -0.1) is 0 Å². The molecule has 2 N–H and O–H groups in total. The minimum absolute atomic E-state index is 0.0959. The quantitative estimate of drug-likeness (QED) is 0.776. The van der Waals surface area contributed by atoms with Gasteiger partial charge in [0.1, 0.15) is 0 Å². The number of rotatable bonds is 5. The summed E-state index contributed by atoms with van der Waals surface area (Å²) in [5, 5.41) is 6.12. The van der Waals surface area contributed by atoms with Crippen molar-refractivity contribution in [2.75, 3.05) is 33.4 Å². The first kappa shape index (κ1) is 14.0. The van der Waals surface area contributed by atoms with E-state index in [9.17, 15) is 4.79 Å². The van der Waals surface area contributed by atoms with Gasteiger partial charge in [-0.2, -0.15) is 0 Å². The fourth-order valence-corrected chi connectivity index (χ4v) is 2.27. The van der Waals surface area contributed by atoms with Gasteiger partial charge in [0.05, 0.1) is 12.2 Å². The van der Waals surface area contributed by atoms with Crippen LogP contribution in [0.15, 0.2) is 18.3 Å². The fraction of sp³-hybridized carbons (Fsp3) is 0.571. The molecule has 104 valence electrons. The summed E-state index contributed by atoms with van der Waals surface area (Å²) in [5.41, 5.74) is 1.70. The summed E-state index contributed by atoms with van der Waals surface area (Å²) >= 11 is 0. The van der Waals surface area contributed by atoms with Crippen molar-refractivity contribution in [3.63, 3.8) is 0 Å². The molecule has 1 amide bonds. The van der Waals surface area contributed by atoms with Crippen LogP contribution in [-0.2, 0) is 4.74 Å². The molecule has 1 fully saturated rings. The molecular weight excluding hydrogens is 242 g/mol. The van der Waals surface area contributed by atoms with Gasteiger partial charge >= 0.3 is 0 Å². The zero-order valence-electron chi connectivity index (χ0n) is 11.3. The van der Waals surface area contributed by atoms with E-state index in [0.717, 1.165) is 31.6 Å². The van der Waals surface area contributed by atoms with Crippen molar-refractivity contribution in [2.45, 2.75) is 18.8 Å². The monoisotopic (exact) mass is 263 g/mol. The molecule has 0 unspecified atom stereocenters. The van der Waals surface area contributed by atoms with E-state index in [0.29, 0.717) is 24.6 Å². The Labute approximate surface area is 113 Å². The number of methoxy groups -OCH3 is 1. The Morgan fingerprint density at radius 3 is 2.89 bits per heavy atom. The third-order valence-corrected chi connectivity index (χ3v) is 3.40. The van der Waals surface area contributed by atoms with E-state index >= 15 is 0 Å². The molecule has 0 aliphatic carbocycles. The van der Waals surface area contributed by atoms with Crippen LogP contribution in [0.3, 0.4) is 0 Å². The van der Waals surface area contributed by atoms with Gasteiger partial charge in [-0.05, 0) is 38.1 Å². The highest BCUT2D eigenvalue weighted by molar-refractivity contribution is 5.93. The van der Waals surface area contributed by atoms with Crippen molar-refractivity contribution in [1.82, 2.24) is 15.6 Å². The number of carbonyl (C=O) groups excluding carboxylic acids is 1. The van der Waals surface area contributed by atoms with E-state index in [2.05, 4.69) is 15.6 Å². The Hall–Kier alpha value is -1.46. The predicted molar refractivity (Wildman–Crippen MR) is 73.3 cm³/mol. The minimum Gasteiger partial charge on any atom is -0.383 e. The summed E-state index contributed by atoms with van der Waals surface area (Å²) in [6.45, 7) is 3.13. The molecule has 0 bridgehead atoms. The Morgan fingerprint density at radius 1 is 1.47 bits per heavy atom. The first-order valence-electron chi connectivity index (χ1n) is 6.75. The summed E-state index contributed by atoms with van der Waals surface area (Å²) in [6, 6.07) is 3.83. The molecule has 19 heavy (non-hydrogen) atoms. The number of hydrogen-bond donors (Lipinski definition) is 2. The van der Waals surface area contributed by atoms with Crippen LogP contribution in [0.2, 0.25) is 0 Å². The van der Waals surface area contributed by atoms with Crippen LogP contribution in [0, 0.1) is 0 Å². The number of nitrogens with one attached hydrogen (secondary N) is 2. The summed E-state index contributed by atoms with van der Waals surface area (Å²) in [6.07, 6.45) is 3.90. The third kappa shape index (κ3) is 4.01. The number of amides is 1. The molecule has 0 spiro atoms. The topological polar surface area (TPSA) is 63.2 Å². The summed E-state index contributed by atoms with van der Waals surface area (Å²) < 4.78 is 4.89. The van der Waals surface area contributed by atoms with E-state index < -0.39 is 0 Å². The molecule has 1 saturated heterocycles. The molecule has 1 aromatic rings.